The molecule has 4 aromatic rings. The molecular formula is C32H37N5O3. The van der Waals surface area contributed by atoms with E-state index in [1.165, 1.54) is 10.9 Å². The van der Waals surface area contributed by atoms with Gasteiger partial charge in [-0.05, 0) is 89.8 Å². The Balaban J connectivity index is 1.26. The molecule has 1 aliphatic rings. The number of nitrogens with zero attached hydrogens (tertiary/aromatic N) is 3. The molecule has 1 saturated heterocycles. The van der Waals surface area contributed by atoms with Crippen LogP contribution in [0.2, 0.25) is 0 Å². The number of alkyl carbamates (subject to hydrolysis) is 1. The molecule has 0 atom stereocenters. The molecule has 3 aromatic heterocycles. The summed E-state index contributed by atoms with van der Waals surface area (Å²) in [4.78, 5) is 39.6. The minimum absolute atomic E-state index is 0.00657. The Hall–Kier alpha value is -4.20. The summed E-state index contributed by atoms with van der Waals surface area (Å²) in [5.74, 6) is -0.0923. The molecule has 0 spiro atoms. The summed E-state index contributed by atoms with van der Waals surface area (Å²) >= 11 is 0. The van der Waals surface area contributed by atoms with Gasteiger partial charge in [0.15, 0.2) is 0 Å². The van der Waals surface area contributed by atoms with Gasteiger partial charge in [0.05, 0.1) is 0 Å². The number of ether oxygens (including phenoxy) is 1. The second kappa shape index (κ2) is 10.8. The largest absolute Gasteiger partial charge is 0.444 e. The number of rotatable bonds is 4. The van der Waals surface area contributed by atoms with Crippen LogP contribution >= 0.6 is 0 Å². The van der Waals surface area contributed by atoms with Crippen LogP contribution in [0.25, 0.3) is 33.3 Å². The number of likely N-dealkylation sites (tertiary alicyclic amines) is 1. The SMILES string of the molecule is Cc1cc(-c2[nH]c3cc(-c4ccc(C(=O)N5CCC(NC(=O)OC(C)(C)C)CC5)nc4)ccc3c2C)cc(C)n1. The number of piperidine rings is 1. The molecule has 8 nitrogen and oxygen atoms in total. The Morgan fingerprint density at radius 2 is 1.62 bits per heavy atom. The highest BCUT2D eigenvalue weighted by molar-refractivity contribution is 5.94. The van der Waals surface area contributed by atoms with E-state index in [1.807, 2.05) is 40.7 Å². The number of fused-ring (bicyclic) bond motifs is 1. The number of hydrogen-bond acceptors (Lipinski definition) is 5. The van der Waals surface area contributed by atoms with Gasteiger partial charge in [0, 0.05) is 64.4 Å². The topological polar surface area (TPSA) is 100 Å². The molecule has 1 aliphatic heterocycles. The van der Waals surface area contributed by atoms with Gasteiger partial charge in [0.1, 0.15) is 11.3 Å². The van der Waals surface area contributed by atoms with Crippen molar-refractivity contribution in [3.8, 4) is 22.4 Å². The van der Waals surface area contributed by atoms with Crippen LogP contribution in [-0.4, -0.2) is 56.6 Å². The molecule has 2 amide bonds. The number of aryl methyl sites for hydroxylation is 3. The number of benzene rings is 1. The Labute approximate surface area is 235 Å². The summed E-state index contributed by atoms with van der Waals surface area (Å²) in [6.07, 6.45) is 2.71. The number of pyridine rings is 2. The summed E-state index contributed by atoms with van der Waals surface area (Å²) in [6.45, 7) is 12.8. The molecule has 8 heteroatoms. The lowest BCUT2D eigenvalue weighted by molar-refractivity contribution is 0.0473. The highest BCUT2D eigenvalue weighted by atomic mass is 16.6. The van der Waals surface area contributed by atoms with Crippen LogP contribution in [0.1, 0.15) is 61.1 Å². The number of H-pyrrole nitrogens is 1. The van der Waals surface area contributed by atoms with Crippen LogP contribution in [0.4, 0.5) is 4.79 Å². The molecule has 1 fully saturated rings. The van der Waals surface area contributed by atoms with Crippen LogP contribution in [0.5, 0.6) is 0 Å². The zero-order chi connectivity index (χ0) is 28.6. The van der Waals surface area contributed by atoms with E-state index < -0.39 is 11.7 Å². The first-order chi connectivity index (χ1) is 19.0. The van der Waals surface area contributed by atoms with Gasteiger partial charge in [0.25, 0.3) is 5.91 Å². The van der Waals surface area contributed by atoms with Crippen molar-refractivity contribution < 1.29 is 14.3 Å². The first-order valence-corrected chi connectivity index (χ1v) is 13.8. The second-order valence-electron chi connectivity index (χ2n) is 11.7. The van der Waals surface area contributed by atoms with Gasteiger partial charge in [0.2, 0.25) is 0 Å². The minimum atomic E-state index is -0.536. The quantitative estimate of drug-likeness (QED) is 0.315. The van der Waals surface area contributed by atoms with Crippen molar-refractivity contribution in [3.05, 3.63) is 71.3 Å². The van der Waals surface area contributed by atoms with Crippen LogP contribution in [-0.2, 0) is 4.74 Å². The monoisotopic (exact) mass is 539 g/mol. The van der Waals surface area contributed by atoms with Gasteiger partial charge in [-0.25, -0.2) is 4.79 Å². The maximum atomic E-state index is 13.1. The summed E-state index contributed by atoms with van der Waals surface area (Å²) < 4.78 is 5.35. The highest BCUT2D eigenvalue weighted by Crippen LogP contribution is 2.33. The molecule has 2 N–H and O–H groups in total. The number of aromatic amines is 1. The second-order valence-corrected chi connectivity index (χ2v) is 11.7. The van der Waals surface area contributed by atoms with Gasteiger partial charge in [-0.2, -0.15) is 0 Å². The normalized spacial score (nSPS) is 14.4. The van der Waals surface area contributed by atoms with Crippen molar-refractivity contribution >= 4 is 22.9 Å². The van der Waals surface area contributed by atoms with Crippen molar-refractivity contribution in [2.45, 2.75) is 66.0 Å². The first kappa shape index (κ1) is 27.4. The van der Waals surface area contributed by atoms with Crippen LogP contribution in [0.15, 0.2) is 48.7 Å². The molecule has 4 heterocycles. The van der Waals surface area contributed by atoms with Crippen molar-refractivity contribution in [1.82, 2.24) is 25.2 Å². The third kappa shape index (κ3) is 6.01. The van der Waals surface area contributed by atoms with Crippen LogP contribution < -0.4 is 5.32 Å². The molecule has 0 unspecified atom stereocenters. The van der Waals surface area contributed by atoms with E-state index >= 15 is 0 Å². The number of nitrogens with one attached hydrogen (secondary N) is 2. The Morgan fingerprint density at radius 1 is 0.950 bits per heavy atom. The Kier molecular flexibility index (Phi) is 7.36. The van der Waals surface area contributed by atoms with E-state index in [4.69, 9.17) is 4.74 Å². The number of hydrogen-bond donors (Lipinski definition) is 2. The maximum absolute atomic E-state index is 13.1. The lowest BCUT2D eigenvalue weighted by Gasteiger charge is -2.32. The molecule has 208 valence electrons. The van der Waals surface area contributed by atoms with E-state index in [9.17, 15) is 9.59 Å². The van der Waals surface area contributed by atoms with E-state index in [0.29, 0.717) is 31.6 Å². The molecule has 5 rings (SSSR count). The highest BCUT2D eigenvalue weighted by Gasteiger charge is 2.27. The summed E-state index contributed by atoms with van der Waals surface area (Å²) in [7, 11) is 0. The fraction of sp³-hybridized carbons (Fsp3) is 0.375. The van der Waals surface area contributed by atoms with Gasteiger partial charge < -0.3 is 19.9 Å². The van der Waals surface area contributed by atoms with Crippen LogP contribution in [0, 0.1) is 20.8 Å². The minimum Gasteiger partial charge on any atom is -0.444 e. The molecule has 0 bridgehead atoms. The van der Waals surface area contributed by atoms with Gasteiger partial charge in [-0.15, -0.1) is 0 Å². The summed E-state index contributed by atoms with van der Waals surface area (Å²) in [5, 5.41) is 4.09. The lowest BCUT2D eigenvalue weighted by atomic mass is 10.0. The third-order valence-corrected chi connectivity index (χ3v) is 7.25. The average Bonchev–Trinajstić information content (AvgIpc) is 3.23. The number of carbonyl (C=O) groups is 2. The van der Waals surface area contributed by atoms with Crippen molar-refractivity contribution in [3.63, 3.8) is 0 Å². The fourth-order valence-electron chi connectivity index (χ4n) is 5.34. The van der Waals surface area contributed by atoms with Crippen molar-refractivity contribution in [2.75, 3.05) is 13.1 Å². The number of carbonyl (C=O) groups excluding carboxylic acids is 2. The van der Waals surface area contributed by atoms with Gasteiger partial charge in [-0.1, -0.05) is 18.2 Å². The van der Waals surface area contributed by atoms with E-state index in [2.05, 4.69) is 57.5 Å². The summed E-state index contributed by atoms with van der Waals surface area (Å²) in [6, 6.07) is 14.3. The number of aromatic nitrogens is 3. The van der Waals surface area contributed by atoms with Crippen molar-refractivity contribution in [2.24, 2.45) is 0 Å². The Bertz CT molecular complexity index is 1540. The predicted octanol–water partition coefficient (Wildman–Crippen LogP) is 6.35. The molecule has 1 aromatic carbocycles. The Morgan fingerprint density at radius 3 is 2.25 bits per heavy atom. The third-order valence-electron chi connectivity index (χ3n) is 7.25. The average molecular weight is 540 g/mol. The van der Waals surface area contributed by atoms with E-state index in [0.717, 1.165) is 39.3 Å². The van der Waals surface area contributed by atoms with Gasteiger partial charge in [-0.3, -0.25) is 14.8 Å². The van der Waals surface area contributed by atoms with Crippen molar-refractivity contribution in [1.29, 1.82) is 0 Å². The molecule has 0 saturated carbocycles. The number of amides is 2. The fourth-order valence-corrected chi connectivity index (χ4v) is 5.34. The first-order valence-electron chi connectivity index (χ1n) is 13.8. The van der Waals surface area contributed by atoms with Gasteiger partial charge >= 0.3 is 6.09 Å². The standard InChI is InChI=1S/C32H37N5O3/c1-19-15-24(16-20(2)34-19)29-21(3)26-9-7-22(17-28(26)36-29)23-8-10-27(33-18-23)30(38)37-13-11-25(12-14-37)35-31(39)40-32(4,5)6/h7-10,15-18,25,36H,11-14H2,1-6H3,(H,35,39). The molecule has 0 radical (unpaired) electrons. The van der Waals surface area contributed by atoms with E-state index in [-0.39, 0.29) is 11.9 Å². The zero-order valence-electron chi connectivity index (χ0n) is 24.1. The lowest BCUT2D eigenvalue weighted by Crippen LogP contribution is -2.47. The van der Waals surface area contributed by atoms with Crippen LogP contribution in [0.3, 0.4) is 0 Å². The predicted molar refractivity (Wildman–Crippen MR) is 157 cm³/mol. The summed E-state index contributed by atoms with van der Waals surface area (Å²) in [5.41, 5.74) is 8.35. The molecule has 0 aliphatic carbocycles. The zero-order valence-corrected chi connectivity index (χ0v) is 24.1. The maximum Gasteiger partial charge on any atom is 0.407 e. The molecular weight excluding hydrogens is 502 g/mol. The molecule has 40 heavy (non-hydrogen) atoms. The smallest absolute Gasteiger partial charge is 0.407 e. The van der Waals surface area contributed by atoms with E-state index in [1.54, 1.807) is 17.2 Å².